The lowest BCUT2D eigenvalue weighted by Crippen LogP contribution is -1.98. The third kappa shape index (κ3) is 17.3. The summed E-state index contributed by atoms with van der Waals surface area (Å²) in [6, 6.07) is 8.43. The first-order valence-electron chi connectivity index (χ1n) is 19.0. The number of aliphatic imine (C=N–C) groups is 2. The number of unbranched alkanes of at least 4 members (excludes halogenated alkanes) is 18. The van der Waals surface area contributed by atoms with Gasteiger partial charge in [0, 0.05) is 12.4 Å². The van der Waals surface area contributed by atoms with Crippen LogP contribution in [0.3, 0.4) is 0 Å². The van der Waals surface area contributed by atoms with Gasteiger partial charge < -0.3 is 9.47 Å². The lowest BCUT2D eigenvalue weighted by molar-refractivity contribution is 0.304. The van der Waals surface area contributed by atoms with Crippen LogP contribution in [0, 0.1) is 27.7 Å². The van der Waals surface area contributed by atoms with Gasteiger partial charge in [-0.1, -0.05) is 129 Å². The first-order valence-corrected chi connectivity index (χ1v) is 19.0. The van der Waals surface area contributed by atoms with Gasteiger partial charge in [-0.2, -0.15) is 0 Å². The quantitative estimate of drug-likeness (QED) is 0.0726. The molecule has 0 unspecified atom stereocenters. The van der Waals surface area contributed by atoms with Crippen molar-refractivity contribution in [3.63, 3.8) is 0 Å². The van der Waals surface area contributed by atoms with Crippen molar-refractivity contribution in [1.82, 2.24) is 0 Å². The topological polar surface area (TPSA) is 43.2 Å². The highest BCUT2D eigenvalue weighted by Gasteiger charge is 2.07. The Hall–Kier alpha value is -2.62. The number of rotatable bonds is 27. The Bertz CT molecular complexity index is 1000. The molecule has 0 bridgehead atoms. The average molecular weight is 633 g/mol. The Kier molecular flexibility index (Phi) is 21.9. The lowest BCUT2D eigenvalue weighted by Gasteiger charge is -2.11. The van der Waals surface area contributed by atoms with Crippen molar-refractivity contribution >= 4 is 23.8 Å². The van der Waals surface area contributed by atoms with Crippen molar-refractivity contribution in [3.05, 3.63) is 46.5 Å². The van der Waals surface area contributed by atoms with Crippen molar-refractivity contribution in [1.29, 1.82) is 0 Å². The van der Waals surface area contributed by atoms with Gasteiger partial charge in [0.15, 0.2) is 0 Å². The van der Waals surface area contributed by atoms with E-state index in [2.05, 4.69) is 65.8 Å². The second-order valence-electron chi connectivity index (χ2n) is 13.4. The zero-order valence-corrected chi connectivity index (χ0v) is 30.7. The van der Waals surface area contributed by atoms with E-state index in [0.717, 1.165) is 71.2 Å². The molecule has 0 aliphatic heterocycles. The van der Waals surface area contributed by atoms with Crippen LogP contribution in [-0.4, -0.2) is 25.6 Å². The molecule has 0 heterocycles. The minimum Gasteiger partial charge on any atom is -0.494 e. The number of ether oxygens (including phenoxy) is 2. The van der Waals surface area contributed by atoms with E-state index in [1.807, 2.05) is 0 Å². The van der Waals surface area contributed by atoms with Crippen molar-refractivity contribution < 1.29 is 9.47 Å². The van der Waals surface area contributed by atoms with E-state index in [0.29, 0.717) is 0 Å². The Morgan fingerprint density at radius 1 is 0.413 bits per heavy atom. The summed E-state index contributed by atoms with van der Waals surface area (Å²) < 4.78 is 12.2. The van der Waals surface area contributed by atoms with Crippen LogP contribution in [0.2, 0.25) is 0 Å². The predicted molar refractivity (Wildman–Crippen MR) is 203 cm³/mol. The highest BCUT2D eigenvalue weighted by atomic mass is 16.5. The Morgan fingerprint density at radius 2 is 0.674 bits per heavy atom. The third-order valence-corrected chi connectivity index (χ3v) is 8.94. The van der Waals surface area contributed by atoms with E-state index in [9.17, 15) is 0 Å². The molecule has 0 aromatic heterocycles. The molecule has 46 heavy (non-hydrogen) atoms. The molecule has 0 spiro atoms. The zero-order valence-electron chi connectivity index (χ0n) is 30.7. The Labute approximate surface area is 283 Å². The van der Waals surface area contributed by atoms with E-state index in [1.54, 1.807) is 12.4 Å². The zero-order chi connectivity index (χ0) is 33.2. The highest BCUT2D eigenvalue weighted by molar-refractivity contribution is 6.17. The maximum Gasteiger partial charge on any atom is 0.119 e. The number of nitrogens with zero attached hydrogens (tertiary/aromatic N) is 2. The second kappa shape index (κ2) is 25.5. The summed E-state index contributed by atoms with van der Waals surface area (Å²) in [4.78, 5) is 9.48. The molecule has 0 aliphatic carbocycles. The van der Waals surface area contributed by atoms with Gasteiger partial charge in [0.05, 0.1) is 24.6 Å². The molecule has 0 amide bonds. The average Bonchev–Trinajstić information content (AvgIpc) is 3.02. The molecule has 2 aromatic carbocycles. The summed E-state index contributed by atoms with van der Waals surface area (Å²) in [6.07, 6.45) is 30.3. The maximum atomic E-state index is 6.09. The molecule has 0 saturated heterocycles. The normalized spacial score (nSPS) is 11.7. The summed E-state index contributed by atoms with van der Waals surface area (Å²) in [6.45, 7) is 14.5. The van der Waals surface area contributed by atoms with E-state index < -0.39 is 0 Å². The summed E-state index contributed by atoms with van der Waals surface area (Å²) in [5.41, 5.74) is 6.47. The van der Waals surface area contributed by atoms with Gasteiger partial charge in [0.2, 0.25) is 0 Å². The van der Waals surface area contributed by atoms with Crippen LogP contribution >= 0.6 is 0 Å². The predicted octanol–water partition coefficient (Wildman–Crippen LogP) is 13.6. The summed E-state index contributed by atoms with van der Waals surface area (Å²) >= 11 is 0. The molecular weight excluding hydrogens is 564 g/mol. The van der Waals surface area contributed by atoms with Gasteiger partial charge in [-0.15, -0.1) is 0 Å². The molecule has 0 N–H and O–H groups in total. The van der Waals surface area contributed by atoms with E-state index >= 15 is 0 Å². The maximum absolute atomic E-state index is 6.09. The number of benzene rings is 2. The van der Waals surface area contributed by atoms with Crippen LogP contribution in [0.15, 0.2) is 34.3 Å². The second-order valence-corrected chi connectivity index (χ2v) is 13.4. The van der Waals surface area contributed by atoms with E-state index in [4.69, 9.17) is 19.5 Å². The smallest absolute Gasteiger partial charge is 0.119 e. The Morgan fingerprint density at radius 3 is 0.957 bits per heavy atom. The van der Waals surface area contributed by atoms with Crippen molar-refractivity contribution in [3.8, 4) is 11.5 Å². The van der Waals surface area contributed by atoms with Crippen LogP contribution in [0.1, 0.15) is 165 Å². The van der Waals surface area contributed by atoms with Crippen LogP contribution in [0.4, 0.5) is 11.4 Å². The highest BCUT2D eigenvalue weighted by Crippen LogP contribution is 2.30. The van der Waals surface area contributed by atoms with Crippen molar-refractivity contribution in [2.75, 3.05) is 13.2 Å². The van der Waals surface area contributed by atoms with E-state index in [-0.39, 0.29) is 0 Å². The van der Waals surface area contributed by atoms with Gasteiger partial charge in [0.25, 0.3) is 0 Å². The number of hydrogen-bond donors (Lipinski definition) is 0. The van der Waals surface area contributed by atoms with Crippen LogP contribution in [0.25, 0.3) is 0 Å². The van der Waals surface area contributed by atoms with Crippen LogP contribution in [0.5, 0.6) is 11.5 Å². The largest absolute Gasteiger partial charge is 0.494 e. The van der Waals surface area contributed by atoms with Crippen molar-refractivity contribution in [2.24, 2.45) is 9.98 Å². The SMILES string of the molecule is CCCCCCCCCCCCOc1cc(C)c(N=CC=Nc2c(C)cc(OCCCCCCCCCCCC)cc2C)c(C)c1. The first-order chi connectivity index (χ1) is 22.5. The molecule has 0 atom stereocenters. The molecule has 0 radical (unpaired) electrons. The molecule has 4 heteroatoms. The third-order valence-electron chi connectivity index (χ3n) is 8.94. The summed E-state index contributed by atoms with van der Waals surface area (Å²) in [7, 11) is 0. The fraction of sp³-hybridized carbons (Fsp3) is 0.667. The van der Waals surface area contributed by atoms with Crippen LogP contribution in [-0.2, 0) is 0 Å². The minimum atomic E-state index is 0.784. The number of hydrogen-bond acceptors (Lipinski definition) is 4. The molecule has 2 aromatic rings. The molecule has 0 fully saturated rings. The van der Waals surface area contributed by atoms with Gasteiger partial charge in [-0.3, -0.25) is 9.98 Å². The fourth-order valence-corrected chi connectivity index (χ4v) is 6.18. The molecule has 4 nitrogen and oxygen atoms in total. The van der Waals surface area contributed by atoms with Gasteiger partial charge in [-0.25, -0.2) is 0 Å². The molecule has 0 saturated carbocycles. The standard InChI is InChI=1S/C42H68N2O2/c1-7-9-11-13-15-17-19-21-23-25-29-45-39-31-35(3)41(36(4)32-39)43-27-28-44-42-37(5)33-40(34-38(42)6)46-30-26-24-22-20-18-16-14-12-10-8-2/h27-28,31-34H,7-26,29-30H2,1-6H3. The van der Waals surface area contributed by atoms with E-state index in [1.165, 1.54) is 116 Å². The molecule has 0 aliphatic rings. The molecule has 258 valence electrons. The monoisotopic (exact) mass is 633 g/mol. The Balaban J connectivity index is 1.70. The van der Waals surface area contributed by atoms with Gasteiger partial charge in [0.1, 0.15) is 11.5 Å². The lowest BCUT2D eigenvalue weighted by atomic mass is 10.1. The molecular formula is C42H68N2O2. The molecule has 2 rings (SSSR count). The van der Waals surface area contributed by atoms with Crippen LogP contribution < -0.4 is 9.47 Å². The van der Waals surface area contributed by atoms with Gasteiger partial charge >= 0.3 is 0 Å². The first kappa shape index (κ1) is 39.6. The fourth-order valence-electron chi connectivity index (χ4n) is 6.18. The number of aryl methyl sites for hydroxylation is 4. The minimum absolute atomic E-state index is 0.784. The summed E-state index contributed by atoms with van der Waals surface area (Å²) in [5.74, 6) is 1.89. The summed E-state index contributed by atoms with van der Waals surface area (Å²) in [5, 5.41) is 0. The van der Waals surface area contributed by atoms with Gasteiger partial charge in [-0.05, 0) is 87.1 Å². The van der Waals surface area contributed by atoms with Crippen molar-refractivity contribution in [2.45, 2.75) is 170 Å².